The zero-order valence-electron chi connectivity index (χ0n) is 16.4. The largest absolute Gasteiger partial charge is 0.481 e. The minimum absolute atomic E-state index is 0.0882. The van der Waals surface area contributed by atoms with Crippen molar-refractivity contribution in [3.8, 4) is 5.75 Å². The zero-order chi connectivity index (χ0) is 21.7. The summed E-state index contributed by atoms with van der Waals surface area (Å²) in [4.78, 5) is 12.5. The number of rotatable bonds is 7. The van der Waals surface area contributed by atoms with Gasteiger partial charge in [0.2, 0.25) is 0 Å². The van der Waals surface area contributed by atoms with Crippen molar-refractivity contribution in [2.24, 2.45) is 0 Å². The fourth-order valence-corrected chi connectivity index (χ4v) is 3.81. The number of carbonyl (C=O) groups is 1. The summed E-state index contributed by atoms with van der Waals surface area (Å²) in [6, 6.07) is 19.7. The van der Waals surface area contributed by atoms with Crippen LogP contribution < -0.4 is 14.8 Å². The molecule has 3 rings (SSSR count). The zero-order valence-corrected chi connectivity index (χ0v) is 18.0. The molecule has 0 bridgehead atoms. The molecule has 6 nitrogen and oxygen atoms in total. The van der Waals surface area contributed by atoms with E-state index in [4.69, 9.17) is 16.3 Å². The highest BCUT2D eigenvalue weighted by molar-refractivity contribution is 7.92. The van der Waals surface area contributed by atoms with E-state index in [2.05, 4.69) is 10.0 Å². The maximum absolute atomic E-state index is 12.5. The first kappa shape index (κ1) is 21.7. The van der Waals surface area contributed by atoms with Gasteiger partial charge in [-0.05, 0) is 74.0 Å². The van der Waals surface area contributed by atoms with Gasteiger partial charge in [0.1, 0.15) is 5.75 Å². The van der Waals surface area contributed by atoms with Gasteiger partial charge in [-0.3, -0.25) is 9.52 Å². The second-order valence-electron chi connectivity index (χ2n) is 6.66. The van der Waals surface area contributed by atoms with Crippen LogP contribution in [-0.2, 0) is 14.8 Å². The highest BCUT2D eigenvalue weighted by Crippen LogP contribution is 2.22. The molecule has 0 saturated carbocycles. The summed E-state index contributed by atoms with van der Waals surface area (Å²) < 4.78 is 33.1. The van der Waals surface area contributed by atoms with Crippen LogP contribution in [0.5, 0.6) is 5.75 Å². The molecule has 0 spiro atoms. The van der Waals surface area contributed by atoms with Crippen LogP contribution in [0.25, 0.3) is 0 Å². The molecule has 0 radical (unpaired) electrons. The topological polar surface area (TPSA) is 84.5 Å². The van der Waals surface area contributed by atoms with E-state index in [1.165, 1.54) is 24.3 Å². The number of sulfonamides is 1. The fraction of sp³-hybridized carbons (Fsp3) is 0.136. The number of benzene rings is 3. The average Bonchev–Trinajstić information content (AvgIpc) is 2.71. The number of nitrogens with one attached hydrogen (secondary N) is 2. The monoisotopic (exact) mass is 444 g/mol. The van der Waals surface area contributed by atoms with E-state index < -0.39 is 16.1 Å². The molecule has 3 aromatic rings. The minimum Gasteiger partial charge on any atom is -0.481 e. The van der Waals surface area contributed by atoms with Crippen LogP contribution >= 0.6 is 11.6 Å². The number of anilines is 2. The van der Waals surface area contributed by atoms with Crippen molar-refractivity contribution in [1.82, 2.24) is 0 Å². The lowest BCUT2D eigenvalue weighted by molar-refractivity contribution is -0.122. The number of amides is 1. The molecule has 0 aliphatic heterocycles. The second-order valence-corrected chi connectivity index (χ2v) is 8.75. The third-order valence-corrected chi connectivity index (χ3v) is 6.09. The van der Waals surface area contributed by atoms with Crippen molar-refractivity contribution < 1.29 is 17.9 Å². The maximum atomic E-state index is 12.5. The molecule has 0 aromatic heterocycles. The van der Waals surface area contributed by atoms with Crippen LogP contribution in [0.15, 0.2) is 77.7 Å². The first-order chi connectivity index (χ1) is 14.2. The van der Waals surface area contributed by atoms with Crippen molar-refractivity contribution in [3.63, 3.8) is 0 Å². The number of hydrogen-bond acceptors (Lipinski definition) is 4. The fourth-order valence-electron chi connectivity index (χ4n) is 2.63. The van der Waals surface area contributed by atoms with Gasteiger partial charge in [-0.1, -0.05) is 29.8 Å². The quantitative estimate of drug-likeness (QED) is 0.545. The van der Waals surface area contributed by atoms with Crippen molar-refractivity contribution in [3.05, 3.63) is 83.4 Å². The van der Waals surface area contributed by atoms with Crippen molar-refractivity contribution >= 4 is 38.9 Å². The molecule has 1 amide bonds. The van der Waals surface area contributed by atoms with E-state index in [9.17, 15) is 13.2 Å². The summed E-state index contributed by atoms with van der Waals surface area (Å²) >= 11 is 6.00. The highest BCUT2D eigenvalue weighted by atomic mass is 35.5. The summed E-state index contributed by atoms with van der Waals surface area (Å²) in [5, 5.41) is 3.33. The van der Waals surface area contributed by atoms with Crippen molar-refractivity contribution in [2.45, 2.75) is 24.8 Å². The molecule has 0 aliphatic carbocycles. The van der Waals surface area contributed by atoms with Gasteiger partial charge in [-0.25, -0.2) is 8.42 Å². The molecule has 1 atom stereocenters. The van der Waals surface area contributed by atoms with Crippen LogP contribution in [0.3, 0.4) is 0 Å². The van der Waals surface area contributed by atoms with Crippen LogP contribution in [0.1, 0.15) is 12.5 Å². The smallest absolute Gasteiger partial charge is 0.265 e. The number of halogens is 1. The molecule has 156 valence electrons. The third kappa shape index (κ3) is 5.52. The molecule has 2 N–H and O–H groups in total. The second kappa shape index (κ2) is 9.19. The van der Waals surface area contributed by atoms with E-state index in [1.807, 2.05) is 6.92 Å². The molecule has 0 unspecified atom stereocenters. The van der Waals surface area contributed by atoms with Crippen LogP contribution in [0, 0.1) is 6.92 Å². The Hall–Kier alpha value is -3.03. The minimum atomic E-state index is -3.72. The lowest BCUT2D eigenvalue weighted by Crippen LogP contribution is -2.30. The predicted molar refractivity (Wildman–Crippen MR) is 119 cm³/mol. The van der Waals surface area contributed by atoms with Gasteiger partial charge in [-0.2, -0.15) is 0 Å². The van der Waals surface area contributed by atoms with Crippen LogP contribution in [0.2, 0.25) is 5.02 Å². The van der Waals surface area contributed by atoms with Gasteiger partial charge in [-0.15, -0.1) is 0 Å². The summed E-state index contributed by atoms with van der Waals surface area (Å²) in [7, 11) is -3.72. The van der Waals surface area contributed by atoms with Gasteiger partial charge in [0.15, 0.2) is 6.10 Å². The number of carbonyl (C=O) groups excluding carboxylic acids is 1. The Labute approximate surface area is 180 Å². The van der Waals surface area contributed by atoms with Crippen LogP contribution in [0.4, 0.5) is 11.4 Å². The van der Waals surface area contributed by atoms with E-state index >= 15 is 0 Å². The predicted octanol–water partition coefficient (Wildman–Crippen LogP) is 4.86. The maximum Gasteiger partial charge on any atom is 0.265 e. The van der Waals surface area contributed by atoms with Crippen molar-refractivity contribution in [1.29, 1.82) is 0 Å². The van der Waals surface area contributed by atoms with Crippen LogP contribution in [-0.4, -0.2) is 20.4 Å². The Morgan fingerprint density at radius 1 is 0.967 bits per heavy atom. The Bertz CT molecular complexity index is 1130. The first-order valence-electron chi connectivity index (χ1n) is 9.16. The number of hydrogen-bond donors (Lipinski definition) is 2. The van der Waals surface area contributed by atoms with Gasteiger partial charge < -0.3 is 10.1 Å². The Morgan fingerprint density at radius 2 is 1.63 bits per heavy atom. The molecule has 30 heavy (non-hydrogen) atoms. The SMILES string of the molecule is Cc1cc(O[C@H](C)C(=O)Nc2ccc(S(=O)(=O)Nc3ccccc3)cc2)ccc1Cl. The van der Waals surface area contributed by atoms with E-state index in [0.29, 0.717) is 22.1 Å². The van der Waals surface area contributed by atoms with Gasteiger partial charge >= 0.3 is 0 Å². The van der Waals surface area contributed by atoms with Gasteiger partial charge in [0.05, 0.1) is 4.90 Å². The lowest BCUT2D eigenvalue weighted by Gasteiger charge is -2.15. The summed E-state index contributed by atoms with van der Waals surface area (Å²) in [6.07, 6.45) is -0.756. The third-order valence-electron chi connectivity index (χ3n) is 4.27. The first-order valence-corrected chi connectivity index (χ1v) is 11.0. The molecule has 8 heteroatoms. The molecular weight excluding hydrogens is 424 g/mol. The molecule has 0 fully saturated rings. The van der Waals surface area contributed by atoms with Crippen molar-refractivity contribution in [2.75, 3.05) is 10.0 Å². The number of ether oxygens (including phenoxy) is 1. The van der Waals surface area contributed by atoms with Gasteiger partial charge in [0.25, 0.3) is 15.9 Å². The lowest BCUT2D eigenvalue weighted by atomic mass is 10.2. The number of aryl methyl sites for hydroxylation is 1. The molecule has 0 aliphatic rings. The molecule has 0 heterocycles. The molecule has 3 aromatic carbocycles. The van der Waals surface area contributed by atoms with E-state index in [-0.39, 0.29) is 10.8 Å². The Morgan fingerprint density at radius 3 is 2.27 bits per heavy atom. The molecular formula is C22H21ClN2O4S. The van der Waals surface area contributed by atoms with E-state index in [0.717, 1.165) is 5.56 Å². The summed E-state index contributed by atoms with van der Waals surface area (Å²) in [5.41, 5.74) is 1.78. The Kier molecular flexibility index (Phi) is 6.64. The number of para-hydroxylation sites is 1. The standard InChI is InChI=1S/C22H21ClN2O4S/c1-15-14-19(10-13-21(15)23)29-16(2)22(26)24-17-8-11-20(12-9-17)30(27,28)25-18-6-4-3-5-7-18/h3-14,16,25H,1-2H3,(H,24,26)/t16-/m1/s1. The van der Waals surface area contributed by atoms with Gasteiger partial charge in [0, 0.05) is 16.4 Å². The van der Waals surface area contributed by atoms with E-state index in [1.54, 1.807) is 55.5 Å². The Balaban J connectivity index is 1.63. The summed E-state index contributed by atoms with van der Waals surface area (Å²) in [5.74, 6) is 0.175. The molecule has 0 saturated heterocycles. The highest BCUT2D eigenvalue weighted by Gasteiger charge is 2.17. The average molecular weight is 445 g/mol. The normalized spacial score (nSPS) is 12.1. The summed E-state index contributed by atoms with van der Waals surface area (Å²) in [6.45, 7) is 3.48.